The Balaban J connectivity index is 1.21. The monoisotopic (exact) mass is 496 g/mol. The van der Waals surface area contributed by atoms with E-state index in [0.29, 0.717) is 29.5 Å². The molecule has 1 aromatic heterocycles. The maximum Gasteiger partial charge on any atom is 0.257 e. The van der Waals surface area contributed by atoms with Gasteiger partial charge in [0.15, 0.2) is 5.13 Å². The summed E-state index contributed by atoms with van der Waals surface area (Å²) in [5, 5.41) is 4.14. The van der Waals surface area contributed by atoms with Crippen molar-refractivity contribution in [1.29, 1.82) is 0 Å². The molecule has 2 heterocycles. The van der Waals surface area contributed by atoms with Crippen molar-refractivity contribution in [3.8, 4) is 5.75 Å². The van der Waals surface area contributed by atoms with E-state index in [-0.39, 0.29) is 17.7 Å². The summed E-state index contributed by atoms with van der Waals surface area (Å²) < 4.78 is 5.14. The number of halogens is 1. The number of ether oxygens (including phenoxy) is 1. The first-order valence-electron chi connectivity index (χ1n) is 11.3. The van der Waals surface area contributed by atoms with Crippen LogP contribution in [0.25, 0.3) is 0 Å². The number of nitrogens with zero attached hydrogens (tertiary/aromatic N) is 3. The maximum atomic E-state index is 13.3. The second kappa shape index (κ2) is 9.64. The Kier molecular flexibility index (Phi) is 6.43. The lowest BCUT2D eigenvalue weighted by Gasteiger charge is -2.37. The predicted molar refractivity (Wildman–Crippen MR) is 134 cm³/mol. The summed E-state index contributed by atoms with van der Waals surface area (Å²) >= 11 is 7.46. The molecule has 0 spiro atoms. The summed E-state index contributed by atoms with van der Waals surface area (Å²) in [5.41, 5.74) is 2.47. The van der Waals surface area contributed by atoms with E-state index in [9.17, 15) is 9.59 Å². The molecular formula is C25H25ClN4O3S. The fourth-order valence-electron chi connectivity index (χ4n) is 4.49. The van der Waals surface area contributed by atoms with Gasteiger partial charge in [-0.2, -0.15) is 0 Å². The number of benzene rings is 2. The average molecular weight is 497 g/mol. The van der Waals surface area contributed by atoms with Crippen molar-refractivity contribution in [3.63, 3.8) is 0 Å². The summed E-state index contributed by atoms with van der Waals surface area (Å²) in [6.45, 7) is 2.93. The standard InChI is InChI=1S/C25H25ClN4O3S/c1-33-19-8-2-16(3-9-19)23(31)28-25-27-22-20(10-11-21(22)34-25)24(32)30-14-12-29(13-15-30)18-6-4-17(26)5-7-18/h2-9,20H,10-15H2,1H3,(H,27,28,31). The van der Waals surface area contributed by atoms with E-state index in [0.717, 1.165) is 47.2 Å². The van der Waals surface area contributed by atoms with Crippen LogP contribution in [0, 0.1) is 0 Å². The van der Waals surface area contributed by atoms with Crippen LogP contribution in [0.3, 0.4) is 0 Å². The molecule has 5 rings (SSSR count). The minimum atomic E-state index is -0.236. The largest absolute Gasteiger partial charge is 0.497 e. The van der Waals surface area contributed by atoms with Crippen molar-refractivity contribution in [1.82, 2.24) is 9.88 Å². The third-order valence-corrected chi connectivity index (χ3v) is 7.67. The van der Waals surface area contributed by atoms with Crippen molar-refractivity contribution in [2.45, 2.75) is 18.8 Å². The molecule has 0 radical (unpaired) electrons. The van der Waals surface area contributed by atoms with Gasteiger partial charge < -0.3 is 14.5 Å². The number of fused-ring (bicyclic) bond motifs is 1. The number of rotatable bonds is 5. The van der Waals surface area contributed by atoms with Crippen molar-refractivity contribution in [2.24, 2.45) is 0 Å². The number of aryl methyl sites for hydroxylation is 1. The normalized spacial score (nSPS) is 17.4. The molecule has 1 aliphatic carbocycles. The molecule has 1 N–H and O–H groups in total. The molecule has 1 unspecified atom stereocenters. The minimum absolute atomic E-state index is 0.132. The van der Waals surface area contributed by atoms with Crippen LogP contribution in [-0.4, -0.2) is 55.0 Å². The molecule has 1 saturated heterocycles. The number of carbonyl (C=O) groups is 2. The van der Waals surface area contributed by atoms with Gasteiger partial charge in [-0.25, -0.2) is 4.98 Å². The molecule has 2 aliphatic rings. The Bertz CT molecular complexity index is 1190. The zero-order valence-electron chi connectivity index (χ0n) is 18.8. The maximum absolute atomic E-state index is 13.3. The van der Waals surface area contributed by atoms with Crippen molar-refractivity contribution in [2.75, 3.05) is 43.5 Å². The number of thiazole rings is 1. The number of nitrogens with one attached hydrogen (secondary N) is 1. The fraction of sp³-hybridized carbons (Fsp3) is 0.320. The van der Waals surface area contributed by atoms with Crippen molar-refractivity contribution < 1.29 is 14.3 Å². The molecule has 2 aromatic carbocycles. The fourth-order valence-corrected chi connectivity index (χ4v) is 5.65. The summed E-state index contributed by atoms with van der Waals surface area (Å²) in [4.78, 5) is 35.9. The molecule has 0 saturated carbocycles. The molecule has 3 aromatic rings. The smallest absolute Gasteiger partial charge is 0.257 e. The lowest BCUT2D eigenvalue weighted by Crippen LogP contribution is -2.50. The molecule has 9 heteroatoms. The van der Waals surface area contributed by atoms with Crippen LogP contribution in [0.1, 0.15) is 33.3 Å². The highest BCUT2D eigenvalue weighted by atomic mass is 35.5. The van der Waals surface area contributed by atoms with Gasteiger partial charge in [0, 0.05) is 47.3 Å². The van der Waals surface area contributed by atoms with Crippen LogP contribution < -0.4 is 15.0 Å². The van der Waals surface area contributed by atoms with Crippen LogP contribution in [0.2, 0.25) is 5.02 Å². The number of hydrogen-bond acceptors (Lipinski definition) is 6. The van der Waals surface area contributed by atoms with Crippen LogP contribution in [-0.2, 0) is 11.2 Å². The number of aromatic nitrogens is 1. The summed E-state index contributed by atoms with van der Waals surface area (Å²) in [7, 11) is 1.59. The van der Waals surface area contributed by atoms with E-state index in [2.05, 4.69) is 15.2 Å². The molecule has 176 valence electrons. The number of hydrogen-bond donors (Lipinski definition) is 1. The van der Waals surface area contributed by atoms with Crippen LogP contribution >= 0.6 is 22.9 Å². The quantitative estimate of drug-likeness (QED) is 0.565. The first-order valence-corrected chi connectivity index (χ1v) is 12.5. The van der Waals surface area contributed by atoms with Gasteiger partial charge in [0.2, 0.25) is 5.91 Å². The van der Waals surface area contributed by atoms with E-state index < -0.39 is 0 Å². The first kappa shape index (κ1) is 22.7. The number of anilines is 2. The van der Waals surface area contributed by atoms with Crippen molar-refractivity contribution >= 4 is 45.6 Å². The number of piperazine rings is 1. The van der Waals surface area contributed by atoms with Gasteiger partial charge in [-0.1, -0.05) is 11.6 Å². The number of amides is 2. The van der Waals surface area contributed by atoms with Gasteiger partial charge in [0.05, 0.1) is 18.7 Å². The zero-order chi connectivity index (χ0) is 23.7. The third-order valence-electron chi connectivity index (χ3n) is 6.37. The average Bonchev–Trinajstić information content (AvgIpc) is 3.44. The Morgan fingerprint density at radius 3 is 2.44 bits per heavy atom. The summed E-state index contributed by atoms with van der Waals surface area (Å²) in [6, 6.07) is 14.7. The minimum Gasteiger partial charge on any atom is -0.497 e. The Hall–Kier alpha value is -3.10. The lowest BCUT2D eigenvalue weighted by molar-refractivity contribution is -0.133. The Labute approximate surface area is 207 Å². The third kappa shape index (κ3) is 4.60. The lowest BCUT2D eigenvalue weighted by atomic mass is 10.1. The molecule has 1 aliphatic heterocycles. The SMILES string of the molecule is COc1ccc(C(=O)Nc2nc3c(s2)CCC3C(=O)N2CCN(c3ccc(Cl)cc3)CC2)cc1. The molecule has 2 amide bonds. The van der Waals surface area contributed by atoms with Gasteiger partial charge in [-0.15, -0.1) is 11.3 Å². The molecule has 1 fully saturated rings. The topological polar surface area (TPSA) is 74.8 Å². The zero-order valence-corrected chi connectivity index (χ0v) is 20.4. The highest BCUT2D eigenvalue weighted by Gasteiger charge is 2.36. The predicted octanol–water partition coefficient (Wildman–Crippen LogP) is 4.44. The van der Waals surface area contributed by atoms with E-state index in [1.165, 1.54) is 11.3 Å². The number of methoxy groups -OCH3 is 1. The molecular weight excluding hydrogens is 472 g/mol. The first-order chi connectivity index (χ1) is 16.5. The van der Waals surface area contributed by atoms with Gasteiger partial charge in [-0.05, 0) is 61.4 Å². The molecule has 7 nitrogen and oxygen atoms in total. The van der Waals surface area contributed by atoms with Crippen LogP contribution in [0.4, 0.5) is 10.8 Å². The number of carbonyl (C=O) groups excluding carboxylic acids is 2. The van der Waals surface area contributed by atoms with Crippen LogP contribution in [0.15, 0.2) is 48.5 Å². The van der Waals surface area contributed by atoms with E-state index >= 15 is 0 Å². The molecule has 0 bridgehead atoms. The summed E-state index contributed by atoms with van der Waals surface area (Å²) in [6.07, 6.45) is 1.59. The second-order valence-corrected chi connectivity index (χ2v) is 9.91. The molecule has 1 atom stereocenters. The second-order valence-electron chi connectivity index (χ2n) is 8.39. The Morgan fingerprint density at radius 2 is 1.76 bits per heavy atom. The van der Waals surface area contributed by atoms with Gasteiger partial charge >= 0.3 is 0 Å². The highest BCUT2D eigenvalue weighted by Crippen LogP contribution is 2.39. The van der Waals surface area contributed by atoms with Crippen LogP contribution in [0.5, 0.6) is 5.75 Å². The van der Waals surface area contributed by atoms with E-state index in [1.807, 2.05) is 29.2 Å². The molecule has 34 heavy (non-hydrogen) atoms. The van der Waals surface area contributed by atoms with E-state index in [1.54, 1.807) is 31.4 Å². The summed E-state index contributed by atoms with van der Waals surface area (Å²) in [5.74, 6) is 0.365. The van der Waals surface area contributed by atoms with Gasteiger partial charge in [0.25, 0.3) is 5.91 Å². The highest BCUT2D eigenvalue weighted by molar-refractivity contribution is 7.16. The van der Waals surface area contributed by atoms with Crippen molar-refractivity contribution in [3.05, 3.63) is 69.7 Å². The van der Waals surface area contributed by atoms with E-state index in [4.69, 9.17) is 16.3 Å². The Morgan fingerprint density at radius 1 is 1.06 bits per heavy atom. The van der Waals surface area contributed by atoms with Gasteiger partial charge in [-0.3, -0.25) is 14.9 Å². The van der Waals surface area contributed by atoms with Gasteiger partial charge in [0.1, 0.15) is 5.75 Å².